The molecule has 3 aliphatic rings. The van der Waals surface area contributed by atoms with Gasteiger partial charge in [0, 0.05) is 57.2 Å². The van der Waals surface area contributed by atoms with Crippen molar-refractivity contribution in [2.45, 2.75) is 37.8 Å². The molecule has 0 N–H and O–H groups in total. The van der Waals surface area contributed by atoms with Crippen LogP contribution in [-0.2, 0) is 4.74 Å². The number of aromatic nitrogens is 1. The van der Waals surface area contributed by atoms with E-state index in [1.165, 1.54) is 12.8 Å². The number of ether oxygens (including phenoxy) is 2. The summed E-state index contributed by atoms with van der Waals surface area (Å²) in [5, 5.41) is 0. The molecule has 0 atom stereocenters. The Morgan fingerprint density at radius 1 is 1.09 bits per heavy atom. The van der Waals surface area contributed by atoms with Crippen LogP contribution in [0.25, 0.3) is 0 Å². The van der Waals surface area contributed by atoms with Crippen molar-refractivity contribution >= 4 is 5.82 Å². The van der Waals surface area contributed by atoms with E-state index in [1.807, 2.05) is 12.1 Å². The summed E-state index contributed by atoms with van der Waals surface area (Å²) in [6.07, 6.45) is 4.92. The van der Waals surface area contributed by atoms with E-state index in [9.17, 15) is 0 Å². The zero-order valence-electron chi connectivity index (χ0n) is 13.0. The predicted octanol–water partition coefficient (Wildman–Crippen LogP) is 1.72. The fraction of sp³-hybridized carbons (Fsp3) is 0.706. The Bertz CT molecular complexity index is 492. The Morgan fingerprint density at radius 3 is 2.59 bits per heavy atom. The number of pyridine rings is 1. The van der Waals surface area contributed by atoms with Gasteiger partial charge in [0.05, 0.1) is 13.2 Å². The highest BCUT2D eigenvalue weighted by Crippen LogP contribution is 2.28. The molecule has 2 aliphatic heterocycles. The Kier molecular flexibility index (Phi) is 4.17. The lowest BCUT2D eigenvalue weighted by molar-refractivity contribution is 0.0238. The van der Waals surface area contributed by atoms with Crippen LogP contribution in [-0.4, -0.2) is 61.4 Å². The molecule has 1 aliphatic carbocycles. The van der Waals surface area contributed by atoms with Gasteiger partial charge in [-0.3, -0.25) is 4.90 Å². The van der Waals surface area contributed by atoms with Gasteiger partial charge in [0.2, 0.25) is 5.88 Å². The Hall–Kier alpha value is -1.33. The minimum absolute atomic E-state index is 0.239. The van der Waals surface area contributed by atoms with E-state index >= 15 is 0 Å². The van der Waals surface area contributed by atoms with Crippen LogP contribution in [0.3, 0.4) is 0 Å². The first-order chi connectivity index (χ1) is 10.9. The molecule has 0 spiro atoms. The molecule has 1 saturated carbocycles. The molecule has 22 heavy (non-hydrogen) atoms. The van der Waals surface area contributed by atoms with Gasteiger partial charge in [-0.05, 0) is 18.9 Å². The number of nitrogens with zero attached hydrogens (tertiary/aromatic N) is 3. The van der Waals surface area contributed by atoms with E-state index in [-0.39, 0.29) is 6.10 Å². The van der Waals surface area contributed by atoms with Crippen molar-refractivity contribution in [1.29, 1.82) is 0 Å². The number of hydrogen-bond donors (Lipinski definition) is 0. The molecule has 0 unspecified atom stereocenters. The normalized spacial score (nSPS) is 24.5. The van der Waals surface area contributed by atoms with Gasteiger partial charge in [-0.15, -0.1) is 0 Å². The van der Waals surface area contributed by atoms with Crippen LogP contribution in [0, 0.1) is 6.07 Å². The van der Waals surface area contributed by atoms with Gasteiger partial charge in [-0.2, -0.15) is 4.98 Å². The van der Waals surface area contributed by atoms with Crippen LogP contribution in [0.4, 0.5) is 5.82 Å². The summed E-state index contributed by atoms with van der Waals surface area (Å²) < 4.78 is 11.4. The predicted molar refractivity (Wildman–Crippen MR) is 84.4 cm³/mol. The molecular formula is C17H24N3O2. The first kappa shape index (κ1) is 14.3. The second-order valence-corrected chi connectivity index (χ2v) is 6.44. The zero-order valence-corrected chi connectivity index (χ0v) is 13.0. The van der Waals surface area contributed by atoms with Crippen molar-refractivity contribution in [2.24, 2.45) is 0 Å². The summed E-state index contributed by atoms with van der Waals surface area (Å²) in [5.41, 5.74) is 0. The topological polar surface area (TPSA) is 37.8 Å². The molecule has 1 radical (unpaired) electrons. The number of hydrogen-bond acceptors (Lipinski definition) is 5. The molecule has 3 fully saturated rings. The van der Waals surface area contributed by atoms with E-state index in [0.29, 0.717) is 0 Å². The quantitative estimate of drug-likeness (QED) is 0.847. The SMILES string of the molecule is [c]1ccc(OC2CCOCC2)nc1N1CCN(C2CC2)CC1. The summed E-state index contributed by atoms with van der Waals surface area (Å²) >= 11 is 0. The van der Waals surface area contributed by atoms with Crippen molar-refractivity contribution in [3.8, 4) is 5.88 Å². The summed E-state index contributed by atoms with van der Waals surface area (Å²) in [6, 6.07) is 7.98. The molecule has 5 heteroatoms. The summed E-state index contributed by atoms with van der Waals surface area (Å²) in [5.74, 6) is 1.66. The highest BCUT2D eigenvalue weighted by Gasteiger charge is 2.31. The van der Waals surface area contributed by atoms with E-state index < -0.39 is 0 Å². The number of piperazine rings is 1. The van der Waals surface area contributed by atoms with E-state index in [4.69, 9.17) is 9.47 Å². The van der Waals surface area contributed by atoms with Gasteiger partial charge in [-0.1, -0.05) is 0 Å². The fourth-order valence-corrected chi connectivity index (χ4v) is 3.29. The highest BCUT2D eigenvalue weighted by molar-refractivity contribution is 5.40. The lowest BCUT2D eigenvalue weighted by Crippen LogP contribution is -2.47. The lowest BCUT2D eigenvalue weighted by Gasteiger charge is -2.35. The minimum atomic E-state index is 0.239. The molecule has 4 rings (SSSR count). The highest BCUT2D eigenvalue weighted by atomic mass is 16.5. The van der Waals surface area contributed by atoms with Crippen LogP contribution in [0.1, 0.15) is 25.7 Å². The van der Waals surface area contributed by atoms with Crippen LogP contribution < -0.4 is 9.64 Å². The van der Waals surface area contributed by atoms with Crippen LogP contribution in [0.15, 0.2) is 12.1 Å². The molecule has 2 saturated heterocycles. The Morgan fingerprint density at radius 2 is 1.86 bits per heavy atom. The first-order valence-corrected chi connectivity index (χ1v) is 8.50. The molecular weight excluding hydrogens is 278 g/mol. The minimum Gasteiger partial charge on any atom is -0.474 e. The lowest BCUT2D eigenvalue weighted by atomic mass is 10.1. The van der Waals surface area contributed by atoms with E-state index in [2.05, 4.69) is 20.9 Å². The van der Waals surface area contributed by atoms with Gasteiger partial charge in [0.25, 0.3) is 0 Å². The van der Waals surface area contributed by atoms with Crippen molar-refractivity contribution in [2.75, 3.05) is 44.3 Å². The van der Waals surface area contributed by atoms with Crippen molar-refractivity contribution in [3.63, 3.8) is 0 Å². The third kappa shape index (κ3) is 3.36. The molecule has 0 amide bonds. The van der Waals surface area contributed by atoms with Crippen molar-refractivity contribution < 1.29 is 9.47 Å². The first-order valence-electron chi connectivity index (χ1n) is 8.50. The summed E-state index contributed by atoms with van der Waals surface area (Å²) in [6.45, 7) is 5.96. The average molecular weight is 302 g/mol. The van der Waals surface area contributed by atoms with Gasteiger partial charge in [0.15, 0.2) is 0 Å². The summed E-state index contributed by atoms with van der Waals surface area (Å²) in [7, 11) is 0. The van der Waals surface area contributed by atoms with Crippen LogP contribution in [0.2, 0.25) is 0 Å². The number of anilines is 1. The standard InChI is InChI=1S/C17H24N3O2/c1-2-16(20-10-8-19(9-11-20)14-4-5-14)18-17(3-1)22-15-6-12-21-13-7-15/h1,3,14-15H,4-13H2. The van der Waals surface area contributed by atoms with Gasteiger partial charge >= 0.3 is 0 Å². The molecule has 119 valence electrons. The molecule has 1 aromatic rings. The maximum absolute atomic E-state index is 6.01. The smallest absolute Gasteiger partial charge is 0.215 e. The second-order valence-electron chi connectivity index (χ2n) is 6.44. The van der Waals surface area contributed by atoms with E-state index in [1.54, 1.807) is 0 Å². The molecule has 0 bridgehead atoms. The monoisotopic (exact) mass is 302 g/mol. The van der Waals surface area contributed by atoms with Gasteiger partial charge < -0.3 is 14.4 Å². The Balaban J connectivity index is 1.36. The van der Waals surface area contributed by atoms with E-state index in [0.717, 1.165) is 70.0 Å². The maximum atomic E-state index is 6.01. The van der Waals surface area contributed by atoms with Crippen LogP contribution in [0.5, 0.6) is 5.88 Å². The van der Waals surface area contributed by atoms with Crippen LogP contribution >= 0.6 is 0 Å². The molecule has 1 aromatic heterocycles. The largest absolute Gasteiger partial charge is 0.474 e. The van der Waals surface area contributed by atoms with Crippen molar-refractivity contribution in [3.05, 3.63) is 18.2 Å². The van der Waals surface area contributed by atoms with Gasteiger partial charge in [0.1, 0.15) is 11.9 Å². The maximum Gasteiger partial charge on any atom is 0.215 e. The third-order valence-corrected chi connectivity index (χ3v) is 4.79. The molecule has 3 heterocycles. The Labute approximate surface area is 132 Å². The van der Waals surface area contributed by atoms with Crippen molar-refractivity contribution in [1.82, 2.24) is 9.88 Å². The average Bonchev–Trinajstić information content (AvgIpc) is 3.41. The fourth-order valence-electron chi connectivity index (χ4n) is 3.29. The third-order valence-electron chi connectivity index (χ3n) is 4.79. The molecule has 0 aromatic carbocycles. The van der Waals surface area contributed by atoms with Gasteiger partial charge in [-0.25, -0.2) is 0 Å². The molecule has 5 nitrogen and oxygen atoms in total. The zero-order chi connectivity index (χ0) is 14.8. The summed E-state index contributed by atoms with van der Waals surface area (Å²) in [4.78, 5) is 9.60. The number of rotatable bonds is 4. The second kappa shape index (κ2) is 6.42.